The molecule has 7 heteroatoms. The monoisotopic (exact) mass is 554 g/mol. The van der Waals surface area contributed by atoms with Crippen molar-refractivity contribution >= 4 is 7.60 Å². The lowest BCUT2D eigenvalue weighted by Gasteiger charge is -2.57. The van der Waals surface area contributed by atoms with Crippen molar-refractivity contribution in [3.05, 3.63) is 29.3 Å². The van der Waals surface area contributed by atoms with E-state index in [1.807, 2.05) is 19.9 Å². The molecule has 0 heterocycles. The van der Waals surface area contributed by atoms with Crippen LogP contribution < -0.4 is 4.74 Å². The normalized spacial score (nSPS) is 26.3. The van der Waals surface area contributed by atoms with Gasteiger partial charge in [-0.25, -0.2) is 4.39 Å². The van der Waals surface area contributed by atoms with Gasteiger partial charge in [0.2, 0.25) is 5.82 Å². The lowest BCUT2D eigenvalue weighted by atomic mass is 9.48. The van der Waals surface area contributed by atoms with Crippen LogP contribution in [-0.4, -0.2) is 26.0 Å². The number of rotatable bonds is 18. The fourth-order valence-corrected chi connectivity index (χ4v) is 9.61. The van der Waals surface area contributed by atoms with Gasteiger partial charge >= 0.3 is 7.60 Å². The minimum Gasteiger partial charge on any atom is -0.490 e. The molecule has 0 aromatic heterocycles. The van der Waals surface area contributed by atoms with Gasteiger partial charge in [-0.2, -0.15) is 4.39 Å². The third-order valence-corrected chi connectivity index (χ3v) is 11.3. The van der Waals surface area contributed by atoms with E-state index in [0.717, 1.165) is 57.8 Å². The zero-order chi connectivity index (χ0) is 27.0. The van der Waals surface area contributed by atoms with Gasteiger partial charge in [-0.3, -0.25) is 4.57 Å². The molecule has 1 aromatic rings. The third kappa shape index (κ3) is 7.61. The highest BCUT2D eigenvalue weighted by Gasteiger charge is 2.52. The van der Waals surface area contributed by atoms with Crippen molar-refractivity contribution in [2.45, 2.75) is 116 Å². The zero-order valence-corrected chi connectivity index (χ0v) is 24.6. The zero-order valence-electron chi connectivity index (χ0n) is 23.7. The summed E-state index contributed by atoms with van der Waals surface area (Å²) in [5, 5.41) is 0. The summed E-state index contributed by atoms with van der Waals surface area (Å²) >= 11 is 0. The highest BCUT2D eigenvalue weighted by molar-refractivity contribution is 7.53. The van der Waals surface area contributed by atoms with Crippen LogP contribution in [-0.2, 0) is 19.0 Å². The van der Waals surface area contributed by atoms with Crippen molar-refractivity contribution in [3.63, 3.8) is 0 Å². The number of ether oxygens (including phenoxy) is 1. The van der Waals surface area contributed by atoms with Crippen LogP contribution in [0.15, 0.2) is 12.1 Å². The fraction of sp³-hybridized carbons (Fsp3) is 0.806. The highest BCUT2D eigenvalue weighted by Crippen LogP contribution is 2.61. The second-order valence-electron chi connectivity index (χ2n) is 12.1. The second-order valence-corrected chi connectivity index (χ2v) is 14.3. The minimum absolute atomic E-state index is 0.0641. The Morgan fingerprint density at radius 1 is 0.763 bits per heavy atom. The number of halogens is 2. The number of unbranched alkanes of at least 4 members (excludes halogenated alkanes) is 8. The van der Waals surface area contributed by atoms with Crippen molar-refractivity contribution in [1.82, 2.24) is 0 Å². The molecule has 0 radical (unpaired) electrons. The molecule has 0 amide bonds. The van der Waals surface area contributed by atoms with Gasteiger partial charge in [0.05, 0.1) is 26.0 Å². The van der Waals surface area contributed by atoms with Crippen molar-refractivity contribution < 1.29 is 27.1 Å². The first-order valence-electron chi connectivity index (χ1n) is 15.4. The van der Waals surface area contributed by atoms with Gasteiger partial charge in [0.15, 0.2) is 11.6 Å². The summed E-state index contributed by atoms with van der Waals surface area (Å²) < 4.78 is 59.0. The smallest absolute Gasteiger partial charge is 0.330 e. The van der Waals surface area contributed by atoms with Gasteiger partial charge in [-0.05, 0) is 100 Å². The molecule has 5 rings (SSSR count). The molecule has 4 nitrogen and oxygen atoms in total. The molecular weight excluding hydrogens is 505 g/mol. The van der Waals surface area contributed by atoms with Gasteiger partial charge in [-0.15, -0.1) is 0 Å². The largest absolute Gasteiger partial charge is 0.490 e. The molecule has 4 aliphatic carbocycles. The van der Waals surface area contributed by atoms with Gasteiger partial charge in [0, 0.05) is 0 Å². The van der Waals surface area contributed by atoms with E-state index in [9.17, 15) is 8.96 Å². The molecule has 0 spiro atoms. The molecule has 4 saturated carbocycles. The van der Waals surface area contributed by atoms with Crippen LogP contribution >= 0.6 is 7.60 Å². The lowest BCUT2D eigenvalue weighted by molar-refractivity contribution is -0.00708. The number of hydrogen-bond acceptors (Lipinski definition) is 4. The summed E-state index contributed by atoms with van der Waals surface area (Å²) in [6.45, 7) is 4.95. The van der Waals surface area contributed by atoms with Gasteiger partial charge in [0.25, 0.3) is 0 Å². The Morgan fingerprint density at radius 3 is 1.79 bits per heavy atom. The van der Waals surface area contributed by atoms with Gasteiger partial charge in [0.1, 0.15) is 0 Å². The summed E-state index contributed by atoms with van der Waals surface area (Å²) in [5.41, 5.74) is 0.465. The molecule has 4 bridgehead atoms. The maximum absolute atomic E-state index is 15.2. The van der Waals surface area contributed by atoms with Crippen molar-refractivity contribution in [1.29, 1.82) is 0 Å². The average molecular weight is 555 g/mol. The molecule has 4 aliphatic rings. The minimum atomic E-state index is -2.90. The van der Waals surface area contributed by atoms with E-state index < -0.39 is 19.2 Å². The van der Waals surface area contributed by atoms with Crippen molar-refractivity contribution in [2.24, 2.45) is 17.8 Å². The van der Waals surface area contributed by atoms with E-state index in [1.165, 1.54) is 38.5 Å². The van der Waals surface area contributed by atoms with Crippen LogP contribution in [0.4, 0.5) is 8.78 Å². The van der Waals surface area contributed by atoms with Crippen LogP contribution in [0.3, 0.4) is 0 Å². The SMILES string of the molecule is CCOP(=O)(CCCCCCCCCCCOc1ccc(C23CC4CC(CC(C4)C2)C3)c(F)c1F)OCC. The molecular formula is C31H49F2O4P. The van der Waals surface area contributed by atoms with E-state index in [1.54, 1.807) is 6.07 Å². The molecule has 216 valence electrons. The maximum Gasteiger partial charge on any atom is 0.330 e. The van der Waals surface area contributed by atoms with Crippen LogP contribution in [0.1, 0.15) is 116 Å². The van der Waals surface area contributed by atoms with Crippen LogP contribution in [0.5, 0.6) is 5.75 Å². The molecule has 1 aromatic carbocycles. The van der Waals surface area contributed by atoms with Crippen molar-refractivity contribution in [2.75, 3.05) is 26.0 Å². The fourth-order valence-electron chi connectivity index (χ4n) is 7.88. The second kappa shape index (κ2) is 14.1. The standard InChI is InChI=1S/C31H49F2O4P/c1-3-36-38(34,37-4-2)17-13-11-9-7-5-6-8-10-12-16-35-28-15-14-27(29(32)30(28)33)31-21-24-18-25(22-31)20-26(19-24)23-31/h14-15,24-26H,3-13,16-23H2,1-2H3. The predicted octanol–water partition coefficient (Wildman–Crippen LogP) is 9.59. The summed E-state index contributed by atoms with van der Waals surface area (Å²) in [6.07, 6.45) is 17.0. The summed E-state index contributed by atoms with van der Waals surface area (Å²) in [7, 11) is -2.90. The molecule has 0 unspecified atom stereocenters. The topological polar surface area (TPSA) is 44.8 Å². The summed E-state index contributed by atoms with van der Waals surface area (Å²) in [5.74, 6) is 0.707. The Hall–Kier alpha value is -0.970. The Balaban J connectivity index is 1.08. The first kappa shape index (κ1) is 30.0. The quantitative estimate of drug-likeness (QED) is 0.134. The molecule has 0 N–H and O–H groups in total. The Labute approximate surface area is 229 Å². The predicted molar refractivity (Wildman–Crippen MR) is 149 cm³/mol. The van der Waals surface area contributed by atoms with Crippen LogP contribution in [0, 0.1) is 29.4 Å². The van der Waals surface area contributed by atoms with Gasteiger partial charge < -0.3 is 13.8 Å². The average Bonchev–Trinajstić information content (AvgIpc) is 2.86. The Bertz CT molecular complexity index is 891. The van der Waals surface area contributed by atoms with Crippen molar-refractivity contribution in [3.8, 4) is 5.75 Å². The number of benzene rings is 1. The summed E-state index contributed by atoms with van der Waals surface area (Å²) in [6, 6.07) is 3.50. The molecule has 0 atom stereocenters. The highest BCUT2D eigenvalue weighted by atomic mass is 31.2. The lowest BCUT2D eigenvalue weighted by Crippen LogP contribution is -2.49. The van der Waals surface area contributed by atoms with Gasteiger partial charge in [-0.1, -0.05) is 51.0 Å². The first-order valence-corrected chi connectivity index (χ1v) is 17.1. The van der Waals surface area contributed by atoms with E-state index in [4.69, 9.17) is 13.8 Å². The molecule has 0 saturated heterocycles. The number of hydrogen-bond donors (Lipinski definition) is 0. The summed E-state index contributed by atoms with van der Waals surface area (Å²) in [4.78, 5) is 0. The molecule has 0 aliphatic heterocycles. The third-order valence-electron chi connectivity index (χ3n) is 9.14. The van der Waals surface area contributed by atoms with Crippen LogP contribution in [0.25, 0.3) is 0 Å². The van der Waals surface area contributed by atoms with E-state index >= 15 is 4.39 Å². The van der Waals surface area contributed by atoms with E-state index in [0.29, 0.717) is 49.3 Å². The van der Waals surface area contributed by atoms with E-state index in [-0.39, 0.29) is 11.2 Å². The van der Waals surface area contributed by atoms with Crippen LogP contribution in [0.2, 0.25) is 0 Å². The molecule has 38 heavy (non-hydrogen) atoms. The van der Waals surface area contributed by atoms with E-state index in [2.05, 4.69) is 0 Å². The Kier molecular flexibility index (Phi) is 11.1. The first-order chi connectivity index (χ1) is 18.4. The Morgan fingerprint density at radius 2 is 1.26 bits per heavy atom. The molecule has 4 fully saturated rings. The maximum atomic E-state index is 15.2.